The van der Waals surface area contributed by atoms with Crippen molar-refractivity contribution in [2.24, 2.45) is 4.99 Å². The fourth-order valence-electron chi connectivity index (χ4n) is 2.98. The zero-order valence-electron chi connectivity index (χ0n) is 13.6. The summed E-state index contributed by atoms with van der Waals surface area (Å²) in [5.74, 6) is -2.32. The summed E-state index contributed by atoms with van der Waals surface area (Å²) >= 11 is 1.22. The molecule has 1 amide bonds. The van der Waals surface area contributed by atoms with Gasteiger partial charge in [-0.3, -0.25) is 4.79 Å². The minimum Gasteiger partial charge on any atom is -0.550 e. The molecular formula is C16H16FN2O5S2-. The second-order valence-corrected chi connectivity index (χ2v) is 9.58. The Morgan fingerprint density at radius 3 is 2.58 bits per heavy atom. The largest absolute Gasteiger partial charge is 0.550 e. The number of benzene rings is 1. The molecule has 0 unspecified atom stereocenters. The SMILES string of the molecule is O=C([O-])CCC(=O)N=C1S[C@H]2CS(=O)(=O)C[C@@H]2N1Cc1ccc(F)cc1. The number of hydrogen-bond donors (Lipinski definition) is 0. The van der Waals surface area contributed by atoms with Gasteiger partial charge in [0.1, 0.15) is 5.82 Å². The fourth-order valence-corrected chi connectivity index (χ4v) is 6.95. The van der Waals surface area contributed by atoms with E-state index < -0.39 is 28.1 Å². The molecule has 7 nitrogen and oxygen atoms in total. The number of rotatable bonds is 5. The van der Waals surface area contributed by atoms with Gasteiger partial charge in [0.2, 0.25) is 5.91 Å². The lowest BCUT2D eigenvalue weighted by molar-refractivity contribution is -0.305. The number of carboxylic acids is 1. The second kappa shape index (κ2) is 7.36. The van der Waals surface area contributed by atoms with E-state index >= 15 is 0 Å². The Morgan fingerprint density at radius 1 is 1.23 bits per heavy atom. The van der Waals surface area contributed by atoms with E-state index in [-0.39, 0.29) is 41.6 Å². The molecule has 0 radical (unpaired) electrons. The van der Waals surface area contributed by atoms with Gasteiger partial charge >= 0.3 is 0 Å². The van der Waals surface area contributed by atoms with Crippen molar-refractivity contribution in [3.8, 4) is 0 Å². The highest BCUT2D eigenvalue weighted by molar-refractivity contribution is 8.15. The second-order valence-electron chi connectivity index (χ2n) is 6.22. The standard InChI is InChI=1S/C16H17FN2O5S2/c17-11-3-1-10(2-4-11)7-19-12-8-26(23,24)9-13(12)25-16(19)18-14(20)5-6-15(21)22/h1-4,12-13H,5-9H2,(H,21,22)/p-1/t12-,13-/m0/s1. The first-order valence-corrected chi connectivity index (χ1v) is 10.6. The van der Waals surface area contributed by atoms with Crippen LogP contribution in [0.3, 0.4) is 0 Å². The molecule has 26 heavy (non-hydrogen) atoms. The predicted octanol–water partition coefficient (Wildman–Crippen LogP) is -0.0472. The number of amidine groups is 1. The van der Waals surface area contributed by atoms with Gasteiger partial charge < -0.3 is 14.8 Å². The van der Waals surface area contributed by atoms with Crippen molar-refractivity contribution < 1.29 is 27.5 Å². The summed E-state index contributed by atoms with van der Waals surface area (Å²) in [4.78, 5) is 28.1. The first-order valence-electron chi connectivity index (χ1n) is 7.93. The number of aliphatic imine (C=N–C) groups is 1. The normalized spacial score (nSPS) is 25.4. The van der Waals surface area contributed by atoms with Crippen molar-refractivity contribution in [2.45, 2.75) is 30.7 Å². The van der Waals surface area contributed by atoms with Gasteiger partial charge in [0.15, 0.2) is 15.0 Å². The maximum Gasteiger partial charge on any atom is 0.248 e. The molecule has 2 heterocycles. The number of amides is 1. The minimum absolute atomic E-state index is 0.00844. The molecule has 2 saturated heterocycles. The molecule has 0 spiro atoms. The van der Waals surface area contributed by atoms with Crippen LogP contribution in [-0.2, 0) is 26.0 Å². The van der Waals surface area contributed by atoms with E-state index in [0.29, 0.717) is 5.17 Å². The van der Waals surface area contributed by atoms with Crippen LogP contribution in [0.4, 0.5) is 4.39 Å². The van der Waals surface area contributed by atoms with Crippen molar-refractivity contribution in [3.63, 3.8) is 0 Å². The van der Waals surface area contributed by atoms with Crippen LogP contribution in [0.2, 0.25) is 0 Å². The van der Waals surface area contributed by atoms with E-state index in [1.165, 1.54) is 23.9 Å². The average molecular weight is 399 g/mol. The zero-order valence-corrected chi connectivity index (χ0v) is 15.3. The Labute approximate surface area is 154 Å². The first-order chi connectivity index (χ1) is 12.2. The Hall–Kier alpha value is -1.94. The number of carboxylic acid groups (broad SMARTS) is 1. The monoisotopic (exact) mass is 399 g/mol. The number of sulfone groups is 1. The van der Waals surface area contributed by atoms with Crippen LogP contribution in [0.1, 0.15) is 18.4 Å². The Bertz CT molecular complexity index is 854. The first kappa shape index (κ1) is 18.8. The number of thioether (sulfide) groups is 1. The van der Waals surface area contributed by atoms with Crippen LogP contribution >= 0.6 is 11.8 Å². The Morgan fingerprint density at radius 2 is 1.92 bits per heavy atom. The zero-order chi connectivity index (χ0) is 18.9. The van der Waals surface area contributed by atoms with Gasteiger partial charge in [0.25, 0.3) is 0 Å². The van der Waals surface area contributed by atoms with E-state index in [1.807, 2.05) is 0 Å². The van der Waals surface area contributed by atoms with Gasteiger partial charge in [-0.25, -0.2) is 12.8 Å². The highest BCUT2D eigenvalue weighted by atomic mass is 32.2. The lowest BCUT2D eigenvalue weighted by atomic mass is 10.1. The number of nitrogens with zero attached hydrogens (tertiary/aromatic N) is 2. The van der Waals surface area contributed by atoms with Crippen molar-refractivity contribution in [1.29, 1.82) is 0 Å². The number of carbonyl (C=O) groups excluding carboxylic acids is 2. The summed E-state index contributed by atoms with van der Waals surface area (Å²) in [7, 11) is -3.16. The predicted molar refractivity (Wildman–Crippen MR) is 92.4 cm³/mol. The van der Waals surface area contributed by atoms with Gasteiger partial charge in [-0.15, -0.1) is 0 Å². The summed E-state index contributed by atoms with van der Waals surface area (Å²) in [6.07, 6.45) is -0.691. The molecule has 1 aromatic carbocycles. The van der Waals surface area contributed by atoms with Gasteiger partial charge in [0.05, 0.1) is 17.5 Å². The maximum absolute atomic E-state index is 13.1. The number of halogens is 1. The lowest BCUT2D eigenvalue weighted by Crippen LogP contribution is -2.37. The van der Waals surface area contributed by atoms with E-state index in [0.717, 1.165) is 5.56 Å². The Kier molecular flexibility index (Phi) is 5.33. The lowest BCUT2D eigenvalue weighted by Gasteiger charge is -2.24. The smallest absolute Gasteiger partial charge is 0.248 e. The maximum atomic E-state index is 13.1. The molecule has 2 aliphatic rings. The number of hydrogen-bond acceptors (Lipinski definition) is 6. The van der Waals surface area contributed by atoms with Crippen LogP contribution in [0, 0.1) is 5.82 Å². The molecule has 0 bridgehead atoms. The van der Waals surface area contributed by atoms with Crippen LogP contribution in [0.15, 0.2) is 29.3 Å². The number of fused-ring (bicyclic) bond motifs is 1. The van der Waals surface area contributed by atoms with Crippen LogP contribution in [0.25, 0.3) is 0 Å². The van der Waals surface area contributed by atoms with Crippen LogP contribution < -0.4 is 5.11 Å². The van der Waals surface area contributed by atoms with Crippen molar-refractivity contribution >= 4 is 38.6 Å². The highest BCUT2D eigenvalue weighted by Gasteiger charge is 2.48. The summed E-state index contributed by atoms with van der Waals surface area (Å²) in [5.41, 5.74) is 0.756. The molecular weight excluding hydrogens is 383 g/mol. The third kappa shape index (κ3) is 4.42. The topological polar surface area (TPSA) is 107 Å². The molecule has 2 aliphatic heterocycles. The van der Waals surface area contributed by atoms with E-state index in [1.54, 1.807) is 17.0 Å². The average Bonchev–Trinajstić information content (AvgIpc) is 3.00. The minimum atomic E-state index is -3.16. The molecule has 3 rings (SSSR count). The summed E-state index contributed by atoms with van der Waals surface area (Å²) in [6, 6.07) is 5.48. The molecule has 1 aromatic rings. The molecule has 2 atom stereocenters. The van der Waals surface area contributed by atoms with Crippen molar-refractivity contribution in [1.82, 2.24) is 4.90 Å². The molecule has 0 aliphatic carbocycles. The van der Waals surface area contributed by atoms with E-state index in [4.69, 9.17) is 0 Å². The summed E-state index contributed by atoms with van der Waals surface area (Å²) < 4.78 is 36.9. The van der Waals surface area contributed by atoms with Gasteiger partial charge in [-0.1, -0.05) is 23.9 Å². The molecule has 0 aromatic heterocycles. The van der Waals surface area contributed by atoms with Gasteiger partial charge in [0, 0.05) is 24.2 Å². The molecule has 0 N–H and O–H groups in total. The molecule has 2 fully saturated rings. The summed E-state index contributed by atoms with van der Waals surface area (Å²) in [5, 5.41) is 10.6. The molecule has 140 valence electrons. The van der Waals surface area contributed by atoms with Gasteiger partial charge in [-0.05, 0) is 24.1 Å². The van der Waals surface area contributed by atoms with Crippen LogP contribution in [-0.4, -0.2) is 53.2 Å². The third-order valence-electron chi connectivity index (χ3n) is 4.20. The Balaban J connectivity index is 1.82. The van der Waals surface area contributed by atoms with Crippen molar-refractivity contribution in [3.05, 3.63) is 35.6 Å². The highest BCUT2D eigenvalue weighted by Crippen LogP contribution is 2.39. The van der Waals surface area contributed by atoms with Crippen molar-refractivity contribution in [2.75, 3.05) is 11.5 Å². The molecule has 0 saturated carbocycles. The molecule has 10 heteroatoms. The fraction of sp³-hybridized carbons (Fsp3) is 0.438. The van der Waals surface area contributed by atoms with Crippen LogP contribution in [0.5, 0.6) is 0 Å². The van der Waals surface area contributed by atoms with Gasteiger partial charge in [-0.2, -0.15) is 4.99 Å². The summed E-state index contributed by atoms with van der Waals surface area (Å²) in [6.45, 7) is 0.288. The number of aliphatic carboxylic acids is 1. The third-order valence-corrected chi connectivity index (χ3v) is 7.45. The van der Waals surface area contributed by atoms with E-state index in [9.17, 15) is 27.5 Å². The van der Waals surface area contributed by atoms with E-state index in [2.05, 4.69) is 4.99 Å². The quantitative estimate of drug-likeness (QED) is 0.683. The number of carbonyl (C=O) groups is 2.